The molecule has 4 rings (SSSR count). The van der Waals surface area contributed by atoms with Crippen LogP contribution >= 0.6 is 0 Å². The number of furan rings is 1. The van der Waals surface area contributed by atoms with Crippen LogP contribution in [0.3, 0.4) is 0 Å². The largest absolute Gasteiger partial charge is 0.453 e. The maximum atomic E-state index is 14.8. The zero-order valence-corrected chi connectivity index (χ0v) is 19.9. The van der Waals surface area contributed by atoms with Gasteiger partial charge in [-0.3, -0.25) is 14.5 Å². The molecule has 9 heteroatoms. The summed E-state index contributed by atoms with van der Waals surface area (Å²) in [6.07, 6.45) is 2.36. The van der Waals surface area contributed by atoms with E-state index >= 15 is 0 Å². The molecule has 2 aliphatic rings. The lowest BCUT2D eigenvalue weighted by molar-refractivity contribution is -0.128. The van der Waals surface area contributed by atoms with Crippen LogP contribution in [0.5, 0.6) is 0 Å². The molecular weight excluding hydrogens is 453 g/mol. The normalized spacial score (nSPS) is 21.9. The van der Waals surface area contributed by atoms with Gasteiger partial charge in [0.15, 0.2) is 12.0 Å². The van der Waals surface area contributed by atoms with Gasteiger partial charge in [0.05, 0.1) is 6.07 Å². The quantitative estimate of drug-likeness (QED) is 0.618. The molecule has 0 spiro atoms. The Kier molecular flexibility index (Phi) is 6.66. The first-order valence-electron chi connectivity index (χ1n) is 11.6. The number of likely N-dealkylation sites (tertiary alicyclic amines) is 1. The molecule has 0 unspecified atom stereocenters. The van der Waals surface area contributed by atoms with E-state index in [1.807, 2.05) is 6.07 Å². The van der Waals surface area contributed by atoms with E-state index in [2.05, 4.69) is 5.32 Å². The molecule has 1 aliphatic carbocycles. The van der Waals surface area contributed by atoms with Crippen LogP contribution in [0.1, 0.15) is 56.2 Å². The van der Waals surface area contributed by atoms with Gasteiger partial charge in [-0.1, -0.05) is 12.1 Å². The zero-order valence-electron chi connectivity index (χ0n) is 19.9. The van der Waals surface area contributed by atoms with Crippen molar-refractivity contribution in [1.82, 2.24) is 10.2 Å². The molecule has 1 N–H and O–H groups in total. The van der Waals surface area contributed by atoms with Crippen LogP contribution in [0, 0.1) is 23.1 Å². The first kappa shape index (κ1) is 24.5. The fraction of sp³-hybridized carbons (Fsp3) is 0.462. The maximum Gasteiger partial charge on any atom is 0.411 e. The molecule has 2 amide bonds. The van der Waals surface area contributed by atoms with Crippen molar-refractivity contribution in [2.75, 3.05) is 0 Å². The summed E-state index contributed by atoms with van der Waals surface area (Å²) in [7, 11) is 0. The average Bonchev–Trinajstić information content (AvgIpc) is 3.54. The summed E-state index contributed by atoms with van der Waals surface area (Å²) in [6, 6.07) is 7.75. The summed E-state index contributed by atoms with van der Waals surface area (Å²) in [6.45, 7) is 5.31. The van der Waals surface area contributed by atoms with Crippen LogP contribution in [0.4, 0.5) is 9.18 Å². The zero-order chi connectivity index (χ0) is 25.3. The minimum atomic E-state index is -0.979. The number of amides is 2. The number of nitrogens with one attached hydrogen (secondary N) is 1. The van der Waals surface area contributed by atoms with Crippen molar-refractivity contribution >= 4 is 18.3 Å². The van der Waals surface area contributed by atoms with Gasteiger partial charge in [-0.2, -0.15) is 5.26 Å². The molecule has 2 aromatic rings. The first-order valence-corrected chi connectivity index (χ1v) is 11.6. The Hall–Kier alpha value is -3.67. The lowest BCUT2D eigenvalue weighted by Crippen LogP contribution is -2.55. The molecule has 2 fully saturated rings. The molecule has 1 aromatic carbocycles. The third-order valence-electron chi connectivity index (χ3n) is 6.43. The number of fused-ring (bicyclic) bond motifs is 2. The minimum Gasteiger partial charge on any atom is -0.453 e. The molecule has 8 nitrogen and oxygen atoms in total. The van der Waals surface area contributed by atoms with Gasteiger partial charge in [0, 0.05) is 18.0 Å². The molecular formula is C26H28FN3O5. The molecule has 2 bridgehead atoms. The van der Waals surface area contributed by atoms with Gasteiger partial charge in [0.1, 0.15) is 29.3 Å². The van der Waals surface area contributed by atoms with Crippen molar-refractivity contribution in [3.8, 4) is 17.4 Å². The number of hydrogen-bond acceptors (Lipinski definition) is 6. The molecule has 184 valence electrons. The lowest BCUT2D eigenvalue weighted by atomic mass is 9.97. The monoisotopic (exact) mass is 481 g/mol. The number of carbonyl (C=O) groups is 3. The highest BCUT2D eigenvalue weighted by atomic mass is 19.1. The van der Waals surface area contributed by atoms with Gasteiger partial charge < -0.3 is 14.5 Å². The second kappa shape index (κ2) is 9.53. The van der Waals surface area contributed by atoms with E-state index in [0.29, 0.717) is 17.6 Å². The Bertz CT molecular complexity index is 1180. The second-order valence-corrected chi connectivity index (χ2v) is 10.1. The Balaban J connectivity index is 1.45. The van der Waals surface area contributed by atoms with E-state index in [1.54, 1.807) is 32.9 Å². The van der Waals surface area contributed by atoms with Gasteiger partial charge >= 0.3 is 6.09 Å². The van der Waals surface area contributed by atoms with Gasteiger partial charge in [0.25, 0.3) is 0 Å². The molecule has 4 atom stereocenters. The highest BCUT2D eigenvalue weighted by Gasteiger charge is 2.52. The fourth-order valence-electron chi connectivity index (χ4n) is 4.95. The highest BCUT2D eigenvalue weighted by molar-refractivity contribution is 5.87. The SMILES string of the molecule is CC(C)(C)OC(=O)N1[C@@H]2CC[C@@H](C2)[C@H]1C(=O)N[C@H](C#N)Cc1ccc(-c2ccc(C=O)o2)cc1F. The molecule has 0 radical (unpaired) electrons. The topological polar surface area (TPSA) is 113 Å². The maximum absolute atomic E-state index is 14.8. The number of benzene rings is 1. The van der Waals surface area contributed by atoms with Crippen molar-refractivity contribution in [1.29, 1.82) is 5.26 Å². The van der Waals surface area contributed by atoms with Gasteiger partial charge in [-0.15, -0.1) is 0 Å². The Morgan fingerprint density at radius 1 is 1.31 bits per heavy atom. The third kappa shape index (κ3) is 5.21. The Morgan fingerprint density at radius 3 is 2.71 bits per heavy atom. The highest BCUT2D eigenvalue weighted by Crippen LogP contribution is 2.43. The number of piperidine rings is 1. The number of rotatable bonds is 6. The standard InChI is InChI=1S/C26H28FN3O5/c1-26(2,3)35-25(33)30-19-7-6-17(11-19)23(30)24(32)29-18(13-28)10-15-4-5-16(12-21(15)27)22-9-8-20(14-31)34-22/h4-5,8-9,12,14,17-19,23H,6-7,10-11H2,1-3H3,(H,29,32)/t17-,18-,19+,23-/m0/s1. The molecule has 2 heterocycles. The summed E-state index contributed by atoms with van der Waals surface area (Å²) in [5.74, 6) is -0.494. The van der Waals surface area contributed by atoms with Crippen LogP contribution < -0.4 is 5.32 Å². The third-order valence-corrected chi connectivity index (χ3v) is 6.43. The van der Waals surface area contributed by atoms with Crippen LogP contribution in [0.15, 0.2) is 34.7 Å². The van der Waals surface area contributed by atoms with Crippen LogP contribution in [0.2, 0.25) is 0 Å². The fourth-order valence-corrected chi connectivity index (χ4v) is 4.95. The molecule has 35 heavy (non-hydrogen) atoms. The van der Waals surface area contributed by atoms with E-state index in [4.69, 9.17) is 9.15 Å². The van der Waals surface area contributed by atoms with Crippen LogP contribution in [-0.2, 0) is 16.0 Å². The Morgan fingerprint density at radius 2 is 2.09 bits per heavy atom. The van der Waals surface area contributed by atoms with E-state index < -0.39 is 35.5 Å². The van der Waals surface area contributed by atoms with Crippen LogP contribution in [0.25, 0.3) is 11.3 Å². The van der Waals surface area contributed by atoms with E-state index in [9.17, 15) is 24.0 Å². The number of nitriles is 1. The number of halogens is 1. The molecule has 1 saturated carbocycles. The van der Waals surface area contributed by atoms with Crippen molar-refractivity contribution < 1.29 is 27.9 Å². The average molecular weight is 482 g/mol. The van der Waals surface area contributed by atoms with Crippen molar-refractivity contribution in [3.05, 3.63) is 47.5 Å². The van der Waals surface area contributed by atoms with Crippen molar-refractivity contribution in [3.63, 3.8) is 0 Å². The molecule has 1 aromatic heterocycles. The summed E-state index contributed by atoms with van der Waals surface area (Å²) in [4.78, 5) is 38.3. The van der Waals surface area contributed by atoms with Crippen molar-refractivity contribution in [2.45, 2.75) is 70.2 Å². The second-order valence-electron chi connectivity index (χ2n) is 10.1. The summed E-state index contributed by atoms with van der Waals surface area (Å²) in [5, 5.41) is 12.4. The lowest BCUT2D eigenvalue weighted by Gasteiger charge is -2.35. The number of nitrogens with zero attached hydrogens (tertiary/aromatic N) is 2. The van der Waals surface area contributed by atoms with Gasteiger partial charge in [-0.25, -0.2) is 9.18 Å². The first-order chi connectivity index (χ1) is 16.6. The Labute approximate surface area is 203 Å². The summed E-state index contributed by atoms with van der Waals surface area (Å²) >= 11 is 0. The molecule has 1 saturated heterocycles. The van der Waals surface area contributed by atoms with Gasteiger partial charge in [0.2, 0.25) is 5.91 Å². The number of aldehydes is 1. The van der Waals surface area contributed by atoms with E-state index in [0.717, 1.165) is 19.3 Å². The predicted molar refractivity (Wildman–Crippen MR) is 124 cm³/mol. The number of hydrogen-bond donors (Lipinski definition) is 1. The van der Waals surface area contributed by atoms with E-state index in [1.165, 1.54) is 23.1 Å². The van der Waals surface area contributed by atoms with Crippen molar-refractivity contribution in [2.24, 2.45) is 5.92 Å². The summed E-state index contributed by atoms with van der Waals surface area (Å²) in [5.41, 5.74) is 0.00935. The molecule has 1 aliphatic heterocycles. The predicted octanol–water partition coefficient (Wildman–Crippen LogP) is 4.24. The van der Waals surface area contributed by atoms with Gasteiger partial charge in [-0.05, 0) is 69.7 Å². The van der Waals surface area contributed by atoms with E-state index in [-0.39, 0.29) is 29.7 Å². The smallest absolute Gasteiger partial charge is 0.411 e. The number of carbonyl (C=O) groups excluding carboxylic acids is 3. The number of ether oxygens (including phenoxy) is 1. The summed E-state index contributed by atoms with van der Waals surface area (Å²) < 4.78 is 25.6. The van der Waals surface area contributed by atoms with Crippen LogP contribution in [-0.4, -0.2) is 46.9 Å². The minimum absolute atomic E-state index is 0.00688.